The lowest BCUT2D eigenvalue weighted by molar-refractivity contribution is -0.135. The number of hydrogen-bond acceptors (Lipinski definition) is 5. The minimum Gasteiger partial charge on any atom is -0.466 e. The van der Waals surface area contributed by atoms with Gasteiger partial charge in [0, 0.05) is 5.69 Å². The predicted molar refractivity (Wildman–Crippen MR) is 117 cm³/mol. The lowest BCUT2D eigenvalue weighted by atomic mass is 10.0. The van der Waals surface area contributed by atoms with E-state index < -0.39 is 11.8 Å². The summed E-state index contributed by atoms with van der Waals surface area (Å²) in [6, 6.07) is 18.8. The van der Waals surface area contributed by atoms with Crippen LogP contribution in [-0.2, 0) is 14.3 Å². The molecule has 6 nitrogen and oxygen atoms in total. The molecule has 0 atom stereocenters. The maximum Gasteiger partial charge on any atom is 0.332 e. The molecule has 1 aliphatic heterocycles. The Bertz CT molecular complexity index is 1030. The van der Waals surface area contributed by atoms with Gasteiger partial charge in [0.1, 0.15) is 11.4 Å². The van der Waals surface area contributed by atoms with Crippen molar-refractivity contribution in [3.05, 3.63) is 83.6 Å². The molecule has 0 radical (unpaired) electrons. The van der Waals surface area contributed by atoms with Crippen LogP contribution in [0.15, 0.2) is 83.1 Å². The van der Waals surface area contributed by atoms with Crippen LogP contribution in [0.1, 0.15) is 12.5 Å². The number of methoxy groups -OCH3 is 1. The molecule has 146 valence electrons. The molecule has 0 unspecified atom stereocenters. The van der Waals surface area contributed by atoms with Crippen molar-refractivity contribution in [1.82, 2.24) is 5.01 Å². The van der Waals surface area contributed by atoms with E-state index in [4.69, 9.17) is 12.2 Å². The smallest absolute Gasteiger partial charge is 0.332 e. The molecule has 0 saturated carbocycles. The normalized spacial score (nSPS) is 15.3. The first-order chi connectivity index (χ1) is 14.0. The lowest BCUT2D eigenvalue weighted by Crippen LogP contribution is -2.29. The number of allylic oxidation sites excluding steroid dienone is 2. The summed E-state index contributed by atoms with van der Waals surface area (Å²) in [5, 5.41) is 8.82. The highest BCUT2D eigenvalue weighted by atomic mass is 32.1. The monoisotopic (exact) mass is 405 g/mol. The van der Waals surface area contributed by atoms with Crippen LogP contribution in [0.5, 0.6) is 0 Å². The average Bonchev–Trinajstić information content (AvgIpc) is 3.06. The second-order valence-corrected chi connectivity index (χ2v) is 6.56. The fourth-order valence-electron chi connectivity index (χ4n) is 2.69. The summed E-state index contributed by atoms with van der Waals surface area (Å²) >= 11 is 5.43. The first kappa shape index (κ1) is 20.2. The Kier molecular flexibility index (Phi) is 6.31. The summed E-state index contributed by atoms with van der Waals surface area (Å²) in [5.74, 6) is -1.07. The summed E-state index contributed by atoms with van der Waals surface area (Å²) in [6.45, 7) is 1.79. The molecule has 0 amide bonds. The number of anilines is 1. The molecule has 1 heterocycles. The number of Topliss-reactive ketones (excluding diaryl/α,β-unsaturated/α-hetero) is 1. The Labute approximate surface area is 174 Å². The van der Waals surface area contributed by atoms with Crippen molar-refractivity contribution in [2.75, 3.05) is 12.4 Å². The van der Waals surface area contributed by atoms with E-state index in [9.17, 15) is 9.59 Å². The number of ether oxygens (including phenoxy) is 1. The highest BCUT2D eigenvalue weighted by Crippen LogP contribution is 2.23. The molecular formula is C22H19N3O3S. The Morgan fingerprint density at radius 3 is 2.34 bits per heavy atom. The number of hydrogen-bond donors (Lipinski definition) is 1. The van der Waals surface area contributed by atoms with Crippen molar-refractivity contribution in [1.29, 1.82) is 0 Å². The molecule has 0 spiro atoms. The van der Waals surface area contributed by atoms with Gasteiger partial charge >= 0.3 is 5.97 Å². The number of carbonyl (C=O) groups excluding carboxylic acids is 2. The Balaban J connectivity index is 1.95. The molecule has 0 saturated heterocycles. The molecule has 1 aliphatic rings. The van der Waals surface area contributed by atoms with Gasteiger partial charge in [0.05, 0.1) is 13.2 Å². The van der Waals surface area contributed by atoms with Gasteiger partial charge in [0.25, 0.3) is 0 Å². The molecule has 0 fully saturated rings. The van der Waals surface area contributed by atoms with Gasteiger partial charge in [-0.15, -0.1) is 0 Å². The third kappa shape index (κ3) is 4.83. The predicted octanol–water partition coefficient (Wildman–Crippen LogP) is 3.78. The lowest BCUT2D eigenvalue weighted by Gasteiger charge is -2.17. The van der Waals surface area contributed by atoms with Gasteiger partial charge in [-0.05, 0) is 48.5 Å². The first-order valence-electron chi connectivity index (χ1n) is 8.82. The van der Waals surface area contributed by atoms with E-state index in [1.165, 1.54) is 12.1 Å². The number of thiocarbonyl (C=S) groups is 1. The zero-order valence-corrected chi connectivity index (χ0v) is 16.8. The van der Waals surface area contributed by atoms with Gasteiger partial charge in [-0.3, -0.25) is 4.79 Å². The maximum absolute atomic E-state index is 13.0. The van der Waals surface area contributed by atoms with Gasteiger partial charge in [-0.1, -0.05) is 48.5 Å². The third-order valence-electron chi connectivity index (χ3n) is 4.11. The third-order valence-corrected chi connectivity index (χ3v) is 4.38. The first-order valence-corrected chi connectivity index (χ1v) is 9.23. The summed E-state index contributed by atoms with van der Waals surface area (Å²) in [7, 11) is 1.24. The van der Waals surface area contributed by atoms with Crippen molar-refractivity contribution < 1.29 is 14.3 Å². The highest BCUT2D eigenvalue weighted by Gasteiger charge is 2.34. The summed E-state index contributed by atoms with van der Waals surface area (Å²) in [4.78, 5) is 24.8. The topological polar surface area (TPSA) is 71.0 Å². The molecular weight excluding hydrogens is 386 g/mol. The Morgan fingerprint density at radius 1 is 1.10 bits per heavy atom. The van der Waals surface area contributed by atoms with Gasteiger partial charge in [-0.25, -0.2) is 9.80 Å². The van der Waals surface area contributed by atoms with Crippen molar-refractivity contribution in [3.63, 3.8) is 0 Å². The van der Waals surface area contributed by atoms with Gasteiger partial charge < -0.3 is 10.1 Å². The number of nitrogens with one attached hydrogen (secondary N) is 1. The number of ketones is 1. The van der Waals surface area contributed by atoms with Crippen LogP contribution < -0.4 is 5.32 Å². The molecule has 1 N–H and O–H groups in total. The number of para-hydroxylation sites is 1. The van der Waals surface area contributed by atoms with E-state index in [-0.39, 0.29) is 16.5 Å². The largest absolute Gasteiger partial charge is 0.466 e. The number of nitrogens with zero attached hydrogens (tertiary/aromatic N) is 2. The summed E-state index contributed by atoms with van der Waals surface area (Å²) in [6.07, 6.45) is 2.94. The Morgan fingerprint density at radius 2 is 1.72 bits per heavy atom. The number of esters is 1. The van der Waals surface area contributed by atoms with Gasteiger partial charge in [-0.2, -0.15) is 5.10 Å². The van der Waals surface area contributed by atoms with Crippen molar-refractivity contribution in [2.24, 2.45) is 5.10 Å². The highest BCUT2D eigenvalue weighted by molar-refractivity contribution is 7.80. The molecule has 0 aromatic heterocycles. The molecule has 2 aromatic rings. The van der Waals surface area contributed by atoms with E-state index >= 15 is 0 Å². The second kappa shape index (κ2) is 9.07. The summed E-state index contributed by atoms with van der Waals surface area (Å²) < 4.78 is 4.67. The van der Waals surface area contributed by atoms with Crippen LogP contribution in [-0.4, -0.2) is 34.7 Å². The maximum atomic E-state index is 13.0. The number of hydrazone groups is 1. The van der Waals surface area contributed by atoms with Gasteiger partial charge in [0.2, 0.25) is 5.78 Å². The molecule has 29 heavy (non-hydrogen) atoms. The van der Waals surface area contributed by atoms with Crippen molar-refractivity contribution in [2.45, 2.75) is 6.92 Å². The van der Waals surface area contributed by atoms with Crippen LogP contribution in [0.3, 0.4) is 0 Å². The summed E-state index contributed by atoms with van der Waals surface area (Å²) in [5.41, 5.74) is 2.56. The van der Waals surface area contributed by atoms with E-state index in [1.54, 1.807) is 6.92 Å². The second-order valence-electron chi connectivity index (χ2n) is 6.18. The fourth-order valence-corrected chi connectivity index (χ4v) is 2.95. The number of rotatable bonds is 4. The molecule has 0 bridgehead atoms. The van der Waals surface area contributed by atoms with Crippen molar-refractivity contribution >= 4 is 46.6 Å². The molecule has 2 aromatic carbocycles. The fraction of sp³-hybridized carbons (Fsp3) is 0.0909. The number of benzene rings is 2. The molecule has 3 rings (SSSR count). The van der Waals surface area contributed by atoms with Crippen LogP contribution >= 0.6 is 12.2 Å². The minimum absolute atomic E-state index is 0.0288. The minimum atomic E-state index is -0.665. The SMILES string of the molecule is COC(=O)/C=C1\C(=O)C(/C(C)=C/c2ccccc2)=NN1C(=S)Nc1ccccc1. The Hall–Kier alpha value is -3.58. The van der Waals surface area contributed by atoms with Gasteiger partial charge in [0.15, 0.2) is 5.11 Å². The van der Waals surface area contributed by atoms with Crippen molar-refractivity contribution in [3.8, 4) is 0 Å². The molecule has 0 aliphatic carbocycles. The van der Waals surface area contributed by atoms with E-state index in [2.05, 4.69) is 15.2 Å². The quantitative estimate of drug-likeness (QED) is 0.474. The standard InChI is InChI=1S/C22H19N3O3S/c1-15(13-16-9-5-3-6-10-16)20-21(27)18(14-19(26)28-2)25(24-20)22(29)23-17-11-7-4-8-12-17/h3-14H,1-2H3,(H,23,29)/b15-13+,18-14+. The van der Waals surface area contributed by atoms with Crippen LogP contribution in [0.4, 0.5) is 5.69 Å². The zero-order chi connectivity index (χ0) is 20.8. The number of carbonyl (C=O) groups is 2. The van der Waals surface area contributed by atoms with E-state index in [0.29, 0.717) is 5.57 Å². The van der Waals surface area contributed by atoms with E-state index in [0.717, 1.165) is 17.3 Å². The molecule has 7 heteroatoms. The van der Waals surface area contributed by atoms with Crippen LogP contribution in [0.25, 0.3) is 6.08 Å². The van der Waals surface area contributed by atoms with Crippen LogP contribution in [0, 0.1) is 0 Å². The average molecular weight is 405 g/mol. The van der Waals surface area contributed by atoms with Crippen LogP contribution in [0.2, 0.25) is 0 Å². The zero-order valence-electron chi connectivity index (χ0n) is 16.0. The van der Waals surface area contributed by atoms with E-state index in [1.807, 2.05) is 66.7 Å².